The molecule has 0 spiro atoms. The standard InChI is InChI=1S/C18H14N4/c19-16-3-1-14(2-4-16)17-12-21-18-11-15(7-10-22(17)18)13-5-8-20-9-6-13/h1-12H,19H2. The predicted octanol–water partition coefficient (Wildman–Crippen LogP) is 3.65. The zero-order valence-electron chi connectivity index (χ0n) is 11.8. The highest BCUT2D eigenvalue weighted by molar-refractivity contribution is 5.71. The fourth-order valence-electron chi connectivity index (χ4n) is 2.57. The molecule has 3 heterocycles. The number of imidazole rings is 1. The van der Waals surface area contributed by atoms with Crippen LogP contribution in [0.3, 0.4) is 0 Å². The SMILES string of the molecule is Nc1ccc(-c2cnc3cc(-c4ccncc4)ccn23)cc1. The summed E-state index contributed by atoms with van der Waals surface area (Å²) in [7, 11) is 0. The van der Waals surface area contributed by atoms with Gasteiger partial charge in [-0.05, 0) is 47.5 Å². The van der Waals surface area contributed by atoms with Crippen molar-refractivity contribution in [3.8, 4) is 22.4 Å². The molecule has 0 aliphatic heterocycles. The van der Waals surface area contributed by atoms with Crippen LogP contribution in [0.1, 0.15) is 0 Å². The maximum atomic E-state index is 5.75. The highest BCUT2D eigenvalue weighted by Gasteiger charge is 2.07. The fourth-order valence-corrected chi connectivity index (χ4v) is 2.57. The maximum absolute atomic E-state index is 5.75. The van der Waals surface area contributed by atoms with Gasteiger partial charge in [0.15, 0.2) is 0 Å². The van der Waals surface area contributed by atoms with Gasteiger partial charge >= 0.3 is 0 Å². The molecular weight excluding hydrogens is 272 g/mol. The van der Waals surface area contributed by atoms with E-state index in [1.165, 1.54) is 0 Å². The number of hydrogen-bond acceptors (Lipinski definition) is 3. The van der Waals surface area contributed by atoms with Crippen LogP contribution >= 0.6 is 0 Å². The normalized spacial score (nSPS) is 10.9. The Labute approximate surface area is 127 Å². The van der Waals surface area contributed by atoms with E-state index in [-0.39, 0.29) is 0 Å². The molecule has 0 aliphatic carbocycles. The first-order chi connectivity index (χ1) is 10.8. The third-order valence-corrected chi connectivity index (χ3v) is 3.73. The number of pyridine rings is 2. The van der Waals surface area contributed by atoms with E-state index in [4.69, 9.17) is 5.73 Å². The minimum atomic E-state index is 0.762. The molecule has 0 fully saturated rings. The summed E-state index contributed by atoms with van der Waals surface area (Å²) in [4.78, 5) is 8.57. The van der Waals surface area contributed by atoms with Crippen LogP contribution in [0.15, 0.2) is 73.3 Å². The van der Waals surface area contributed by atoms with E-state index < -0.39 is 0 Å². The molecule has 2 N–H and O–H groups in total. The molecular formula is C18H14N4. The van der Waals surface area contributed by atoms with Crippen LogP contribution in [0, 0.1) is 0 Å². The molecule has 0 amide bonds. The molecule has 0 saturated carbocycles. The minimum Gasteiger partial charge on any atom is -0.399 e. The van der Waals surface area contributed by atoms with E-state index >= 15 is 0 Å². The van der Waals surface area contributed by atoms with Crippen molar-refractivity contribution >= 4 is 11.3 Å². The summed E-state index contributed by atoms with van der Waals surface area (Å²) in [5.41, 5.74) is 11.8. The van der Waals surface area contributed by atoms with Gasteiger partial charge in [0, 0.05) is 29.8 Å². The van der Waals surface area contributed by atoms with Gasteiger partial charge in [-0.3, -0.25) is 9.38 Å². The summed E-state index contributed by atoms with van der Waals surface area (Å²) in [5.74, 6) is 0. The number of nitrogens with zero attached hydrogens (tertiary/aromatic N) is 3. The van der Waals surface area contributed by atoms with Gasteiger partial charge in [-0.25, -0.2) is 4.98 Å². The Bertz CT molecular complexity index is 924. The number of fused-ring (bicyclic) bond motifs is 1. The summed E-state index contributed by atoms with van der Waals surface area (Å²) >= 11 is 0. The Morgan fingerprint density at radius 1 is 0.818 bits per heavy atom. The van der Waals surface area contributed by atoms with Gasteiger partial charge in [0.05, 0.1) is 11.9 Å². The molecule has 4 aromatic rings. The highest BCUT2D eigenvalue weighted by Crippen LogP contribution is 2.25. The van der Waals surface area contributed by atoms with Crippen LogP contribution < -0.4 is 5.73 Å². The van der Waals surface area contributed by atoms with Crippen molar-refractivity contribution in [3.63, 3.8) is 0 Å². The number of rotatable bonds is 2. The molecule has 22 heavy (non-hydrogen) atoms. The second kappa shape index (κ2) is 5.00. The molecule has 0 aliphatic rings. The van der Waals surface area contributed by atoms with Crippen LogP contribution in [0.25, 0.3) is 28.0 Å². The molecule has 0 bridgehead atoms. The van der Waals surface area contributed by atoms with Crippen molar-refractivity contribution < 1.29 is 0 Å². The number of anilines is 1. The molecule has 0 unspecified atom stereocenters. The van der Waals surface area contributed by atoms with Crippen LogP contribution in [-0.4, -0.2) is 14.4 Å². The van der Waals surface area contributed by atoms with Crippen molar-refractivity contribution in [1.82, 2.24) is 14.4 Å². The van der Waals surface area contributed by atoms with Crippen molar-refractivity contribution in [2.24, 2.45) is 0 Å². The van der Waals surface area contributed by atoms with Gasteiger partial charge in [-0.15, -0.1) is 0 Å². The van der Waals surface area contributed by atoms with E-state index in [0.29, 0.717) is 0 Å². The first-order valence-electron chi connectivity index (χ1n) is 7.05. The third-order valence-electron chi connectivity index (χ3n) is 3.73. The average molecular weight is 286 g/mol. The Morgan fingerprint density at radius 3 is 2.36 bits per heavy atom. The maximum Gasteiger partial charge on any atom is 0.137 e. The van der Waals surface area contributed by atoms with Gasteiger partial charge in [0.1, 0.15) is 5.65 Å². The number of nitrogen functional groups attached to an aromatic ring is 1. The minimum absolute atomic E-state index is 0.762. The number of nitrogens with two attached hydrogens (primary N) is 1. The molecule has 0 radical (unpaired) electrons. The fraction of sp³-hybridized carbons (Fsp3) is 0. The smallest absolute Gasteiger partial charge is 0.137 e. The van der Waals surface area contributed by atoms with E-state index in [2.05, 4.69) is 26.5 Å². The zero-order chi connectivity index (χ0) is 14.9. The monoisotopic (exact) mass is 286 g/mol. The largest absolute Gasteiger partial charge is 0.399 e. The average Bonchev–Trinajstić information content (AvgIpc) is 2.99. The Morgan fingerprint density at radius 2 is 1.59 bits per heavy atom. The van der Waals surface area contributed by atoms with Gasteiger partial charge in [-0.1, -0.05) is 12.1 Å². The summed E-state index contributed by atoms with van der Waals surface area (Å²) in [6.07, 6.45) is 7.52. The van der Waals surface area contributed by atoms with Crippen molar-refractivity contribution in [3.05, 3.63) is 73.3 Å². The first kappa shape index (κ1) is 12.6. The van der Waals surface area contributed by atoms with Crippen molar-refractivity contribution in [2.75, 3.05) is 5.73 Å². The molecule has 4 heteroatoms. The molecule has 4 nitrogen and oxygen atoms in total. The number of aromatic nitrogens is 3. The van der Waals surface area contributed by atoms with E-state index in [1.54, 1.807) is 12.4 Å². The molecule has 1 aromatic carbocycles. The van der Waals surface area contributed by atoms with Gasteiger partial charge < -0.3 is 5.73 Å². The summed E-state index contributed by atoms with van der Waals surface area (Å²) < 4.78 is 2.08. The summed E-state index contributed by atoms with van der Waals surface area (Å²) in [6.45, 7) is 0. The molecule has 0 atom stereocenters. The van der Waals surface area contributed by atoms with Crippen LogP contribution in [-0.2, 0) is 0 Å². The molecule has 3 aromatic heterocycles. The summed E-state index contributed by atoms with van der Waals surface area (Å²) in [5, 5.41) is 0. The highest BCUT2D eigenvalue weighted by atomic mass is 15.0. The van der Waals surface area contributed by atoms with Gasteiger partial charge in [0.2, 0.25) is 0 Å². The Balaban J connectivity index is 1.82. The lowest BCUT2D eigenvalue weighted by molar-refractivity contribution is 1.19. The van der Waals surface area contributed by atoms with Crippen molar-refractivity contribution in [1.29, 1.82) is 0 Å². The third kappa shape index (κ3) is 2.11. The van der Waals surface area contributed by atoms with E-state index in [1.807, 2.05) is 48.8 Å². The second-order valence-corrected chi connectivity index (χ2v) is 5.14. The van der Waals surface area contributed by atoms with Gasteiger partial charge in [-0.2, -0.15) is 0 Å². The summed E-state index contributed by atoms with van der Waals surface area (Å²) in [6, 6.07) is 16.0. The van der Waals surface area contributed by atoms with Crippen LogP contribution in [0.4, 0.5) is 5.69 Å². The topological polar surface area (TPSA) is 56.2 Å². The first-order valence-corrected chi connectivity index (χ1v) is 7.05. The Kier molecular flexibility index (Phi) is 2.86. The predicted molar refractivity (Wildman–Crippen MR) is 88.3 cm³/mol. The number of hydrogen-bond donors (Lipinski definition) is 1. The van der Waals surface area contributed by atoms with Gasteiger partial charge in [0.25, 0.3) is 0 Å². The lowest BCUT2D eigenvalue weighted by Crippen LogP contribution is -1.90. The van der Waals surface area contributed by atoms with E-state index in [9.17, 15) is 0 Å². The lowest BCUT2D eigenvalue weighted by Gasteiger charge is -2.05. The van der Waals surface area contributed by atoms with E-state index in [0.717, 1.165) is 33.7 Å². The molecule has 4 rings (SSSR count). The molecule has 106 valence electrons. The lowest BCUT2D eigenvalue weighted by atomic mass is 10.1. The Hall–Kier alpha value is -3.14. The second-order valence-electron chi connectivity index (χ2n) is 5.14. The van der Waals surface area contributed by atoms with Crippen molar-refractivity contribution in [2.45, 2.75) is 0 Å². The van der Waals surface area contributed by atoms with Crippen LogP contribution in [0.5, 0.6) is 0 Å². The molecule has 0 saturated heterocycles. The number of benzene rings is 1. The van der Waals surface area contributed by atoms with Crippen LogP contribution in [0.2, 0.25) is 0 Å². The quantitative estimate of drug-likeness (QED) is 0.572. The zero-order valence-corrected chi connectivity index (χ0v) is 11.8.